The Morgan fingerprint density at radius 1 is 0.442 bits per heavy atom. The summed E-state index contributed by atoms with van der Waals surface area (Å²) in [5.74, 6) is 1.75. The Balaban J connectivity index is 1.11. The van der Waals surface area contributed by atoms with Crippen LogP contribution in [0.1, 0.15) is 25.0 Å². The molecule has 0 atom stereocenters. The third kappa shape index (κ3) is 4.74. The molecular formula is C49H36N2O. The van der Waals surface area contributed by atoms with Crippen LogP contribution in [0.4, 0.5) is 34.1 Å². The maximum Gasteiger partial charge on any atom is 0.152 e. The second-order valence-corrected chi connectivity index (χ2v) is 14.2. The van der Waals surface area contributed by atoms with E-state index in [0.29, 0.717) is 0 Å². The lowest BCUT2D eigenvalue weighted by Crippen LogP contribution is -2.32. The average Bonchev–Trinajstić information content (AvgIpc) is 3.20. The van der Waals surface area contributed by atoms with E-state index in [9.17, 15) is 0 Å². The molecule has 0 unspecified atom stereocenters. The average molecular weight is 669 g/mol. The van der Waals surface area contributed by atoms with Crippen LogP contribution in [0.2, 0.25) is 0 Å². The predicted octanol–water partition coefficient (Wildman–Crippen LogP) is 13.9. The van der Waals surface area contributed by atoms with Crippen LogP contribution in [0.5, 0.6) is 11.5 Å². The molecule has 52 heavy (non-hydrogen) atoms. The molecule has 0 fully saturated rings. The molecule has 10 rings (SSSR count). The van der Waals surface area contributed by atoms with E-state index in [0.717, 1.165) is 62.2 Å². The second kappa shape index (κ2) is 11.8. The Labute approximate surface area is 304 Å². The predicted molar refractivity (Wildman–Crippen MR) is 216 cm³/mol. The van der Waals surface area contributed by atoms with Gasteiger partial charge in [0.2, 0.25) is 0 Å². The van der Waals surface area contributed by atoms with E-state index in [-0.39, 0.29) is 5.41 Å². The maximum absolute atomic E-state index is 6.90. The van der Waals surface area contributed by atoms with Gasteiger partial charge in [-0.2, -0.15) is 0 Å². The number of benzene rings is 8. The number of hydrogen-bond donors (Lipinski definition) is 0. The quantitative estimate of drug-likeness (QED) is 0.182. The summed E-state index contributed by atoms with van der Waals surface area (Å²) in [6, 6.07) is 65.2. The van der Waals surface area contributed by atoms with Crippen molar-refractivity contribution in [3.8, 4) is 33.8 Å². The van der Waals surface area contributed by atoms with Crippen LogP contribution in [-0.4, -0.2) is 0 Å². The summed E-state index contributed by atoms with van der Waals surface area (Å²) in [6.45, 7) is 4.68. The van der Waals surface area contributed by atoms with Crippen molar-refractivity contribution in [3.05, 3.63) is 193 Å². The molecule has 0 aromatic heterocycles. The Bertz CT molecular complexity index is 2600. The lowest BCUT2D eigenvalue weighted by molar-refractivity contribution is 0.472. The maximum atomic E-state index is 6.90. The fraction of sp³-hybridized carbons (Fsp3) is 0.0612. The van der Waals surface area contributed by atoms with E-state index in [1.165, 1.54) is 27.6 Å². The van der Waals surface area contributed by atoms with Crippen molar-refractivity contribution in [1.29, 1.82) is 0 Å². The van der Waals surface area contributed by atoms with Crippen molar-refractivity contribution in [2.24, 2.45) is 0 Å². The minimum absolute atomic E-state index is 0.247. The molecule has 2 aliphatic rings. The monoisotopic (exact) mass is 668 g/mol. The molecule has 0 saturated heterocycles. The molecular weight excluding hydrogens is 633 g/mol. The van der Waals surface area contributed by atoms with Gasteiger partial charge in [-0.15, -0.1) is 0 Å². The molecule has 248 valence electrons. The Morgan fingerprint density at radius 3 is 1.83 bits per heavy atom. The van der Waals surface area contributed by atoms with E-state index < -0.39 is 0 Å². The lowest BCUT2D eigenvalue weighted by atomic mass is 9.72. The standard InChI is InChI=1S/C49H36N2O/c1-49(2)42-25-11-12-26-44(42)51-47-41-24-10-9-15-33(41)27-28-45(47)52-46-32-37(31-43(49)48(46)51)35-17-13-16-34(29-35)36-18-14-23-40(30-36)50(38-19-5-3-6-20-38)39-21-7-4-8-22-39/h3-32H,1-2H3. The van der Waals surface area contributed by atoms with Gasteiger partial charge in [-0.05, 0) is 105 Å². The summed E-state index contributed by atoms with van der Waals surface area (Å²) in [4.78, 5) is 4.76. The number of nitrogens with zero attached hydrogens (tertiary/aromatic N) is 2. The Kier molecular flexibility index (Phi) is 6.84. The van der Waals surface area contributed by atoms with E-state index in [4.69, 9.17) is 4.74 Å². The van der Waals surface area contributed by atoms with Crippen molar-refractivity contribution in [2.75, 3.05) is 9.80 Å². The number of fused-ring (bicyclic) bond motifs is 6. The summed E-state index contributed by atoms with van der Waals surface area (Å²) in [5.41, 5.74) is 13.7. The molecule has 0 N–H and O–H groups in total. The molecule has 8 aromatic carbocycles. The van der Waals surface area contributed by atoms with Gasteiger partial charge in [-0.25, -0.2) is 0 Å². The molecule has 0 aliphatic carbocycles. The van der Waals surface area contributed by atoms with Crippen LogP contribution in [0.3, 0.4) is 0 Å². The van der Waals surface area contributed by atoms with Gasteiger partial charge in [-0.3, -0.25) is 0 Å². The zero-order chi connectivity index (χ0) is 34.8. The molecule has 0 saturated carbocycles. The highest BCUT2D eigenvalue weighted by atomic mass is 16.5. The summed E-state index contributed by atoms with van der Waals surface area (Å²) in [6.07, 6.45) is 0. The third-order valence-corrected chi connectivity index (χ3v) is 10.8. The van der Waals surface area contributed by atoms with Crippen molar-refractivity contribution in [2.45, 2.75) is 19.3 Å². The van der Waals surface area contributed by atoms with Crippen LogP contribution in [0.25, 0.3) is 33.0 Å². The van der Waals surface area contributed by atoms with Crippen LogP contribution in [0.15, 0.2) is 182 Å². The molecule has 0 spiro atoms. The summed E-state index contributed by atoms with van der Waals surface area (Å²) in [5, 5.41) is 2.38. The van der Waals surface area contributed by atoms with Gasteiger partial charge in [0.15, 0.2) is 11.5 Å². The largest absolute Gasteiger partial charge is 0.453 e. The van der Waals surface area contributed by atoms with E-state index in [1.807, 2.05) is 0 Å². The number of anilines is 6. The zero-order valence-corrected chi connectivity index (χ0v) is 29.1. The van der Waals surface area contributed by atoms with E-state index >= 15 is 0 Å². The van der Waals surface area contributed by atoms with Gasteiger partial charge < -0.3 is 14.5 Å². The minimum Gasteiger partial charge on any atom is -0.453 e. The third-order valence-electron chi connectivity index (χ3n) is 10.8. The van der Waals surface area contributed by atoms with Gasteiger partial charge in [0.1, 0.15) is 0 Å². The van der Waals surface area contributed by atoms with Gasteiger partial charge in [0.25, 0.3) is 0 Å². The highest BCUT2D eigenvalue weighted by Crippen LogP contribution is 2.61. The lowest BCUT2D eigenvalue weighted by Gasteiger charge is -2.45. The Morgan fingerprint density at radius 2 is 1.06 bits per heavy atom. The van der Waals surface area contributed by atoms with E-state index in [1.54, 1.807) is 0 Å². The topological polar surface area (TPSA) is 15.7 Å². The minimum atomic E-state index is -0.247. The molecule has 0 radical (unpaired) electrons. The molecule has 0 amide bonds. The first kappa shape index (κ1) is 30.3. The van der Waals surface area contributed by atoms with Gasteiger partial charge >= 0.3 is 0 Å². The van der Waals surface area contributed by atoms with Crippen LogP contribution < -0.4 is 14.5 Å². The Hall–Kier alpha value is -6.58. The fourth-order valence-electron chi connectivity index (χ4n) is 8.23. The first-order chi connectivity index (χ1) is 25.5. The van der Waals surface area contributed by atoms with E-state index in [2.05, 4.69) is 206 Å². The highest BCUT2D eigenvalue weighted by molar-refractivity contribution is 6.06. The summed E-state index contributed by atoms with van der Waals surface area (Å²) >= 11 is 0. The van der Waals surface area contributed by atoms with Crippen LogP contribution in [-0.2, 0) is 5.41 Å². The SMILES string of the molecule is CC1(C)c2ccccc2N2c3c(cc(-c4cccc(-c5cccc(N(c6ccccc6)c6ccccc6)c5)c4)cc31)Oc1ccc3ccccc3c12. The molecule has 8 aromatic rings. The number of rotatable bonds is 5. The van der Waals surface area contributed by atoms with Crippen molar-refractivity contribution in [3.63, 3.8) is 0 Å². The van der Waals surface area contributed by atoms with Gasteiger partial charge in [0.05, 0.1) is 17.1 Å². The van der Waals surface area contributed by atoms with Crippen molar-refractivity contribution < 1.29 is 4.74 Å². The first-order valence-corrected chi connectivity index (χ1v) is 17.9. The second-order valence-electron chi connectivity index (χ2n) is 14.2. The number of ether oxygens (including phenoxy) is 1. The highest BCUT2D eigenvalue weighted by Gasteiger charge is 2.42. The normalized spacial score (nSPS) is 13.5. The first-order valence-electron chi connectivity index (χ1n) is 17.9. The molecule has 3 heteroatoms. The number of hydrogen-bond acceptors (Lipinski definition) is 3. The fourth-order valence-corrected chi connectivity index (χ4v) is 8.23. The molecule has 2 heterocycles. The molecule has 2 aliphatic heterocycles. The zero-order valence-electron chi connectivity index (χ0n) is 29.1. The van der Waals surface area contributed by atoms with Crippen molar-refractivity contribution >= 4 is 44.9 Å². The van der Waals surface area contributed by atoms with Gasteiger partial charge in [0, 0.05) is 27.9 Å². The molecule has 0 bridgehead atoms. The summed E-state index contributed by atoms with van der Waals surface area (Å²) < 4.78 is 6.90. The van der Waals surface area contributed by atoms with Crippen molar-refractivity contribution in [1.82, 2.24) is 0 Å². The van der Waals surface area contributed by atoms with Crippen LogP contribution >= 0.6 is 0 Å². The van der Waals surface area contributed by atoms with Gasteiger partial charge in [-0.1, -0.05) is 129 Å². The smallest absolute Gasteiger partial charge is 0.152 e. The summed E-state index contributed by atoms with van der Waals surface area (Å²) in [7, 11) is 0. The van der Waals surface area contributed by atoms with Crippen LogP contribution in [0, 0.1) is 0 Å². The molecule has 3 nitrogen and oxygen atoms in total. The number of para-hydroxylation sites is 3.